The minimum absolute atomic E-state index is 0.241. The second-order valence-corrected chi connectivity index (χ2v) is 2.70. The Morgan fingerprint density at radius 1 is 1.00 bits per heavy atom. The van der Waals surface area contributed by atoms with Gasteiger partial charge in [0.1, 0.15) is 6.17 Å². The summed E-state index contributed by atoms with van der Waals surface area (Å²) in [5.41, 5.74) is 0. The maximum absolute atomic E-state index is 3.08. The second-order valence-electron chi connectivity index (χ2n) is 2.70. The summed E-state index contributed by atoms with van der Waals surface area (Å²) in [4.78, 5) is 4.16. The highest BCUT2D eigenvalue weighted by atomic mass is 15.3. The first-order chi connectivity index (χ1) is 4.59. The van der Waals surface area contributed by atoms with Gasteiger partial charge < -0.3 is 0 Å². The van der Waals surface area contributed by atoms with E-state index >= 15 is 0 Å². The Hall–Kier alpha value is -0.520. The minimum Gasteiger partial charge on any atom is -0.284 e. The van der Waals surface area contributed by atoms with Crippen LogP contribution >= 0.6 is 0 Å². The maximum Gasteiger partial charge on any atom is 0.125 e. The third-order valence-electron chi connectivity index (χ3n) is 1.25. The van der Waals surface area contributed by atoms with Crippen LogP contribution in [0.15, 0.2) is 0 Å². The van der Waals surface area contributed by atoms with Crippen LogP contribution in [0.1, 0.15) is 6.92 Å². The van der Waals surface area contributed by atoms with E-state index in [2.05, 4.69) is 21.6 Å². The molecule has 0 aliphatic heterocycles. The van der Waals surface area contributed by atoms with Crippen molar-refractivity contribution in [1.29, 1.82) is 0 Å². The number of nitrogens with zero attached hydrogens (tertiary/aromatic N) is 2. The van der Waals surface area contributed by atoms with Gasteiger partial charge in [0, 0.05) is 0 Å². The highest BCUT2D eigenvalue weighted by Crippen LogP contribution is 1.93. The topological polar surface area (TPSA) is 6.48 Å². The lowest BCUT2D eigenvalue weighted by atomic mass is 10.4. The van der Waals surface area contributed by atoms with Crippen LogP contribution in [0.3, 0.4) is 0 Å². The summed E-state index contributed by atoms with van der Waals surface area (Å²) in [6, 6.07) is 0. The van der Waals surface area contributed by atoms with Crippen molar-refractivity contribution in [2.45, 2.75) is 13.1 Å². The molecule has 0 saturated carbocycles. The van der Waals surface area contributed by atoms with Gasteiger partial charge in [0.25, 0.3) is 0 Å². The van der Waals surface area contributed by atoms with Crippen molar-refractivity contribution in [2.24, 2.45) is 0 Å². The fraction of sp³-hybridized carbons (Fsp3) is 0.750. The molecule has 0 amide bonds. The molecule has 0 N–H and O–H groups in total. The molecule has 0 aromatic rings. The first kappa shape index (κ1) is 9.48. The normalized spacial score (nSPS) is 10.4. The minimum atomic E-state index is 0.241. The van der Waals surface area contributed by atoms with Crippen molar-refractivity contribution >= 4 is 0 Å². The molecule has 0 aromatic heterocycles. The average molecular weight is 140 g/mol. The van der Waals surface area contributed by atoms with E-state index in [9.17, 15) is 0 Å². The molecule has 0 unspecified atom stereocenters. The van der Waals surface area contributed by atoms with E-state index in [1.807, 2.05) is 35.1 Å². The maximum atomic E-state index is 3.08. The van der Waals surface area contributed by atoms with Gasteiger partial charge in [0.2, 0.25) is 0 Å². The molecule has 0 bridgehead atoms. The van der Waals surface area contributed by atoms with E-state index in [1.54, 1.807) is 0 Å². The Kier molecular flexibility index (Phi) is 4.10. The smallest absolute Gasteiger partial charge is 0.125 e. The standard InChI is InChI=1S/C8H16N2/c1-6-7-8(9(2)3)10(4)5/h8H,1-5H3. The lowest BCUT2D eigenvalue weighted by molar-refractivity contribution is 0.182. The van der Waals surface area contributed by atoms with Gasteiger partial charge in [-0.1, -0.05) is 5.92 Å². The van der Waals surface area contributed by atoms with Crippen molar-refractivity contribution in [3.05, 3.63) is 0 Å². The summed E-state index contributed by atoms with van der Waals surface area (Å²) in [6.07, 6.45) is 0.241. The lowest BCUT2D eigenvalue weighted by Gasteiger charge is -2.25. The van der Waals surface area contributed by atoms with E-state index in [0.717, 1.165) is 0 Å². The Morgan fingerprint density at radius 2 is 1.40 bits per heavy atom. The summed E-state index contributed by atoms with van der Waals surface area (Å²) in [7, 11) is 8.09. The van der Waals surface area contributed by atoms with Gasteiger partial charge in [-0.25, -0.2) is 0 Å². The van der Waals surface area contributed by atoms with Gasteiger partial charge in [-0.05, 0) is 35.1 Å². The fourth-order valence-corrected chi connectivity index (χ4v) is 0.849. The number of hydrogen-bond donors (Lipinski definition) is 0. The molecule has 0 atom stereocenters. The van der Waals surface area contributed by atoms with Crippen LogP contribution in [0.25, 0.3) is 0 Å². The Labute approximate surface area is 63.8 Å². The molecule has 2 nitrogen and oxygen atoms in total. The predicted octanol–water partition coefficient (Wildman–Crippen LogP) is 0.459. The van der Waals surface area contributed by atoms with Gasteiger partial charge in [-0.3, -0.25) is 9.80 Å². The molecular formula is C8H16N2. The Morgan fingerprint density at radius 3 is 1.50 bits per heavy atom. The quantitative estimate of drug-likeness (QED) is 0.406. The van der Waals surface area contributed by atoms with Crippen molar-refractivity contribution in [1.82, 2.24) is 9.80 Å². The summed E-state index contributed by atoms with van der Waals surface area (Å²) >= 11 is 0. The van der Waals surface area contributed by atoms with E-state index in [-0.39, 0.29) is 6.17 Å². The SMILES string of the molecule is CC#CC(N(C)C)N(C)C. The molecule has 0 heterocycles. The molecular weight excluding hydrogens is 124 g/mol. The van der Waals surface area contributed by atoms with Crippen molar-refractivity contribution in [3.8, 4) is 11.8 Å². The molecule has 0 aliphatic rings. The molecule has 10 heavy (non-hydrogen) atoms. The second kappa shape index (κ2) is 4.32. The van der Waals surface area contributed by atoms with Crippen molar-refractivity contribution in [3.63, 3.8) is 0 Å². The summed E-state index contributed by atoms with van der Waals surface area (Å²) in [6.45, 7) is 1.86. The molecule has 0 radical (unpaired) electrons. The molecule has 2 heteroatoms. The third-order valence-corrected chi connectivity index (χ3v) is 1.25. The third kappa shape index (κ3) is 2.86. The largest absolute Gasteiger partial charge is 0.284 e. The van der Waals surface area contributed by atoms with Crippen LogP contribution in [0.2, 0.25) is 0 Å². The van der Waals surface area contributed by atoms with Gasteiger partial charge in [0.05, 0.1) is 0 Å². The fourth-order valence-electron chi connectivity index (χ4n) is 0.849. The summed E-state index contributed by atoms with van der Waals surface area (Å²) in [5.74, 6) is 5.98. The number of hydrogen-bond acceptors (Lipinski definition) is 2. The summed E-state index contributed by atoms with van der Waals surface area (Å²) < 4.78 is 0. The van der Waals surface area contributed by atoms with Crippen LogP contribution in [-0.4, -0.2) is 44.2 Å². The van der Waals surface area contributed by atoms with Gasteiger partial charge in [-0.2, -0.15) is 0 Å². The predicted molar refractivity (Wildman–Crippen MR) is 44.6 cm³/mol. The number of rotatable bonds is 2. The Bertz CT molecular complexity index is 131. The van der Waals surface area contributed by atoms with E-state index < -0.39 is 0 Å². The zero-order chi connectivity index (χ0) is 8.15. The summed E-state index contributed by atoms with van der Waals surface area (Å²) in [5, 5.41) is 0. The molecule has 0 fully saturated rings. The molecule has 0 spiro atoms. The van der Waals surface area contributed by atoms with Gasteiger partial charge >= 0.3 is 0 Å². The van der Waals surface area contributed by atoms with Gasteiger partial charge in [-0.15, -0.1) is 5.92 Å². The molecule has 0 aromatic carbocycles. The first-order valence-electron chi connectivity index (χ1n) is 3.34. The zero-order valence-electron chi connectivity index (χ0n) is 7.47. The van der Waals surface area contributed by atoms with E-state index in [0.29, 0.717) is 0 Å². The van der Waals surface area contributed by atoms with Crippen LogP contribution in [0, 0.1) is 11.8 Å². The van der Waals surface area contributed by atoms with Crippen LogP contribution < -0.4 is 0 Å². The van der Waals surface area contributed by atoms with Crippen molar-refractivity contribution < 1.29 is 0 Å². The molecule has 0 rings (SSSR count). The Balaban J connectivity index is 4.07. The highest BCUT2D eigenvalue weighted by Gasteiger charge is 2.08. The molecule has 58 valence electrons. The average Bonchev–Trinajstić information content (AvgIpc) is 1.81. The van der Waals surface area contributed by atoms with Crippen LogP contribution in [0.5, 0.6) is 0 Å². The highest BCUT2D eigenvalue weighted by molar-refractivity contribution is 5.03. The zero-order valence-corrected chi connectivity index (χ0v) is 7.47. The molecule has 0 aliphatic carbocycles. The lowest BCUT2D eigenvalue weighted by Crippen LogP contribution is -2.39. The van der Waals surface area contributed by atoms with Crippen molar-refractivity contribution in [2.75, 3.05) is 28.2 Å². The first-order valence-corrected chi connectivity index (χ1v) is 3.34. The van der Waals surface area contributed by atoms with Crippen LogP contribution in [-0.2, 0) is 0 Å². The van der Waals surface area contributed by atoms with E-state index in [4.69, 9.17) is 0 Å². The van der Waals surface area contributed by atoms with Crippen LogP contribution in [0.4, 0.5) is 0 Å². The van der Waals surface area contributed by atoms with E-state index in [1.165, 1.54) is 0 Å². The monoisotopic (exact) mass is 140 g/mol. The van der Waals surface area contributed by atoms with Gasteiger partial charge in [0.15, 0.2) is 0 Å². The molecule has 0 saturated heterocycles.